The van der Waals surface area contributed by atoms with Gasteiger partial charge in [-0.05, 0) is 53.9 Å². The summed E-state index contributed by atoms with van der Waals surface area (Å²) < 4.78 is 16.2. The van der Waals surface area contributed by atoms with Gasteiger partial charge in [0.1, 0.15) is 5.75 Å². The maximum absolute atomic E-state index is 5.69. The molecule has 0 saturated carbocycles. The maximum atomic E-state index is 5.69. The lowest BCUT2D eigenvalue weighted by Crippen LogP contribution is -2.05. The number of ether oxygens (including phenoxy) is 3. The first-order valence-corrected chi connectivity index (χ1v) is 6.82. The van der Waals surface area contributed by atoms with Crippen LogP contribution in [0.1, 0.15) is 5.56 Å². The lowest BCUT2D eigenvalue weighted by Gasteiger charge is -2.15. The van der Waals surface area contributed by atoms with Crippen molar-refractivity contribution in [3.63, 3.8) is 0 Å². The van der Waals surface area contributed by atoms with Crippen molar-refractivity contribution in [3.8, 4) is 28.4 Å². The van der Waals surface area contributed by atoms with Crippen molar-refractivity contribution in [1.29, 1.82) is 0 Å². The van der Waals surface area contributed by atoms with E-state index in [9.17, 15) is 0 Å². The summed E-state index contributed by atoms with van der Waals surface area (Å²) in [6.07, 6.45) is 0.733. The van der Waals surface area contributed by atoms with Gasteiger partial charge in [0, 0.05) is 0 Å². The molecule has 2 aromatic rings. The summed E-state index contributed by atoms with van der Waals surface area (Å²) in [5.74, 6) is 2.28. The molecular weight excluding hydrogens is 266 g/mol. The zero-order valence-corrected chi connectivity index (χ0v) is 12.7. The van der Waals surface area contributed by atoms with Gasteiger partial charge in [-0.2, -0.15) is 0 Å². The highest BCUT2D eigenvalue weighted by Crippen LogP contribution is 2.37. The number of hydrogen-bond acceptors (Lipinski definition) is 4. The van der Waals surface area contributed by atoms with Gasteiger partial charge in [-0.3, -0.25) is 0 Å². The molecular formula is C17H21NO3. The molecule has 0 unspecified atom stereocenters. The van der Waals surface area contributed by atoms with Gasteiger partial charge < -0.3 is 19.9 Å². The first-order chi connectivity index (χ1) is 10.2. The predicted octanol–water partition coefficient (Wildman–Crippen LogP) is 2.88. The molecule has 0 spiro atoms. The second-order valence-corrected chi connectivity index (χ2v) is 4.64. The van der Waals surface area contributed by atoms with Gasteiger partial charge in [0.2, 0.25) is 0 Å². The molecule has 0 amide bonds. The Morgan fingerprint density at radius 1 is 0.905 bits per heavy atom. The topological polar surface area (TPSA) is 53.7 Å². The fraction of sp³-hybridized carbons (Fsp3) is 0.294. The third-order valence-corrected chi connectivity index (χ3v) is 3.37. The lowest BCUT2D eigenvalue weighted by atomic mass is 10.00. The third kappa shape index (κ3) is 3.28. The van der Waals surface area contributed by atoms with E-state index in [4.69, 9.17) is 19.9 Å². The van der Waals surface area contributed by atoms with Crippen LogP contribution in [0.3, 0.4) is 0 Å². The van der Waals surface area contributed by atoms with E-state index in [1.165, 1.54) is 0 Å². The molecule has 0 aromatic heterocycles. The third-order valence-electron chi connectivity index (χ3n) is 3.37. The minimum Gasteiger partial charge on any atom is -0.497 e. The number of methoxy groups -OCH3 is 3. The molecule has 2 aromatic carbocycles. The van der Waals surface area contributed by atoms with E-state index in [2.05, 4.69) is 6.07 Å². The zero-order chi connectivity index (χ0) is 15.2. The van der Waals surface area contributed by atoms with E-state index >= 15 is 0 Å². The molecule has 0 aliphatic heterocycles. The van der Waals surface area contributed by atoms with Gasteiger partial charge in [0.05, 0.1) is 21.3 Å². The number of rotatable bonds is 6. The molecule has 4 nitrogen and oxygen atoms in total. The second-order valence-electron chi connectivity index (χ2n) is 4.64. The Bertz CT molecular complexity index is 611. The Kier molecular flexibility index (Phi) is 5.06. The largest absolute Gasteiger partial charge is 0.497 e. The molecule has 0 atom stereocenters. The van der Waals surface area contributed by atoms with Gasteiger partial charge in [0.25, 0.3) is 0 Å². The summed E-state index contributed by atoms with van der Waals surface area (Å²) in [5, 5.41) is 0. The fourth-order valence-electron chi connectivity index (χ4n) is 2.35. The van der Waals surface area contributed by atoms with Gasteiger partial charge in [-0.1, -0.05) is 12.1 Å². The van der Waals surface area contributed by atoms with Gasteiger partial charge in [-0.15, -0.1) is 0 Å². The maximum Gasteiger partial charge on any atom is 0.163 e. The molecule has 0 bridgehead atoms. The normalized spacial score (nSPS) is 10.3. The summed E-state index contributed by atoms with van der Waals surface area (Å²) in [4.78, 5) is 0. The molecule has 0 fully saturated rings. The van der Waals surface area contributed by atoms with E-state index in [0.29, 0.717) is 12.3 Å². The molecule has 0 heterocycles. The first-order valence-electron chi connectivity index (χ1n) is 6.82. The van der Waals surface area contributed by atoms with E-state index in [1.807, 2.05) is 30.3 Å². The average Bonchev–Trinajstić information content (AvgIpc) is 2.54. The minimum atomic E-state index is 0.557. The number of hydrogen-bond donors (Lipinski definition) is 1. The number of benzene rings is 2. The van der Waals surface area contributed by atoms with Crippen LogP contribution in [-0.2, 0) is 6.42 Å². The molecule has 0 saturated heterocycles. The quantitative estimate of drug-likeness (QED) is 0.887. The average molecular weight is 287 g/mol. The number of nitrogens with two attached hydrogens (primary N) is 1. The van der Waals surface area contributed by atoms with Crippen LogP contribution >= 0.6 is 0 Å². The Labute approximate surface area is 125 Å². The van der Waals surface area contributed by atoms with Crippen LogP contribution in [0.4, 0.5) is 0 Å². The summed E-state index contributed by atoms with van der Waals surface area (Å²) in [6, 6.07) is 12.0. The zero-order valence-electron chi connectivity index (χ0n) is 12.7. The van der Waals surface area contributed by atoms with Crippen molar-refractivity contribution in [1.82, 2.24) is 0 Å². The van der Waals surface area contributed by atoms with Crippen molar-refractivity contribution in [2.45, 2.75) is 6.42 Å². The van der Waals surface area contributed by atoms with E-state index < -0.39 is 0 Å². The Morgan fingerprint density at radius 2 is 1.71 bits per heavy atom. The van der Waals surface area contributed by atoms with Crippen LogP contribution in [0.15, 0.2) is 36.4 Å². The summed E-state index contributed by atoms with van der Waals surface area (Å²) in [7, 11) is 4.94. The van der Waals surface area contributed by atoms with Crippen LogP contribution < -0.4 is 19.9 Å². The Morgan fingerprint density at radius 3 is 2.33 bits per heavy atom. The van der Waals surface area contributed by atoms with E-state index in [-0.39, 0.29) is 0 Å². The molecule has 0 aliphatic carbocycles. The highest BCUT2D eigenvalue weighted by Gasteiger charge is 2.13. The van der Waals surface area contributed by atoms with Gasteiger partial charge in [0.15, 0.2) is 11.5 Å². The molecule has 112 valence electrons. The van der Waals surface area contributed by atoms with Crippen LogP contribution in [0, 0.1) is 0 Å². The Hall–Kier alpha value is -2.20. The smallest absolute Gasteiger partial charge is 0.163 e. The monoisotopic (exact) mass is 287 g/mol. The van der Waals surface area contributed by atoms with Crippen LogP contribution in [0.2, 0.25) is 0 Å². The van der Waals surface area contributed by atoms with E-state index in [0.717, 1.165) is 34.6 Å². The summed E-state index contributed by atoms with van der Waals surface area (Å²) in [6.45, 7) is 0.557. The van der Waals surface area contributed by atoms with Gasteiger partial charge >= 0.3 is 0 Å². The molecule has 2 N–H and O–H groups in total. The van der Waals surface area contributed by atoms with Gasteiger partial charge in [-0.25, -0.2) is 0 Å². The van der Waals surface area contributed by atoms with Crippen LogP contribution in [0.25, 0.3) is 11.1 Å². The molecule has 2 rings (SSSR count). The van der Waals surface area contributed by atoms with Crippen molar-refractivity contribution < 1.29 is 14.2 Å². The van der Waals surface area contributed by atoms with Crippen molar-refractivity contribution in [2.24, 2.45) is 5.73 Å². The fourth-order valence-corrected chi connectivity index (χ4v) is 2.35. The molecule has 4 heteroatoms. The highest BCUT2D eigenvalue weighted by atomic mass is 16.5. The minimum absolute atomic E-state index is 0.557. The lowest BCUT2D eigenvalue weighted by molar-refractivity contribution is 0.352. The second kappa shape index (κ2) is 6.99. The van der Waals surface area contributed by atoms with Crippen molar-refractivity contribution in [2.75, 3.05) is 27.9 Å². The highest BCUT2D eigenvalue weighted by molar-refractivity contribution is 5.70. The standard InChI is InChI=1S/C17H21NO3/c1-19-15-6-4-5-12(10-15)14-9-13(7-8-18)17(21-3)16(11-14)20-2/h4-6,9-11H,7-8,18H2,1-3H3. The summed E-state index contributed by atoms with van der Waals surface area (Å²) in [5.41, 5.74) is 8.85. The van der Waals surface area contributed by atoms with E-state index in [1.54, 1.807) is 21.3 Å². The molecule has 0 radical (unpaired) electrons. The van der Waals surface area contributed by atoms with Crippen LogP contribution in [-0.4, -0.2) is 27.9 Å². The van der Waals surface area contributed by atoms with Crippen molar-refractivity contribution >= 4 is 0 Å². The predicted molar refractivity (Wildman–Crippen MR) is 84.3 cm³/mol. The first kappa shape index (κ1) is 15.2. The Balaban J connectivity index is 2.55. The molecule has 0 aliphatic rings. The van der Waals surface area contributed by atoms with Crippen LogP contribution in [0.5, 0.6) is 17.2 Å². The SMILES string of the molecule is COc1cccc(-c2cc(CCN)c(OC)c(OC)c2)c1. The van der Waals surface area contributed by atoms with Crippen molar-refractivity contribution in [3.05, 3.63) is 42.0 Å². The summed E-state index contributed by atoms with van der Waals surface area (Å²) >= 11 is 0. The molecule has 21 heavy (non-hydrogen) atoms.